The van der Waals surface area contributed by atoms with Crippen molar-refractivity contribution in [3.63, 3.8) is 0 Å². The molecule has 0 atom stereocenters. The van der Waals surface area contributed by atoms with Crippen LogP contribution >= 0.6 is 0 Å². The van der Waals surface area contributed by atoms with E-state index in [1.54, 1.807) is 31.4 Å². The molecule has 0 radical (unpaired) electrons. The minimum Gasteiger partial charge on any atom is -0.497 e. The molecule has 0 aromatic heterocycles. The van der Waals surface area contributed by atoms with Crippen LogP contribution in [0.25, 0.3) is 0 Å². The van der Waals surface area contributed by atoms with Crippen molar-refractivity contribution in [2.24, 2.45) is 0 Å². The second kappa shape index (κ2) is 7.12. The van der Waals surface area contributed by atoms with Gasteiger partial charge in [0.05, 0.1) is 25.5 Å². The molecule has 22 heavy (non-hydrogen) atoms. The number of methoxy groups -OCH3 is 2. The Hall–Kier alpha value is -3.02. The van der Waals surface area contributed by atoms with Crippen molar-refractivity contribution < 1.29 is 14.3 Å². The lowest BCUT2D eigenvalue weighted by Crippen LogP contribution is -2.29. The number of esters is 1. The molecule has 6 heteroatoms. The normalized spacial score (nSPS) is 9.73. The average molecular weight is 299 g/mol. The van der Waals surface area contributed by atoms with Crippen molar-refractivity contribution in [1.82, 2.24) is 5.43 Å². The molecule has 0 aliphatic carbocycles. The number of anilines is 1. The molecular weight excluding hydrogens is 282 g/mol. The molecule has 0 amide bonds. The summed E-state index contributed by atoms with van der Waals surface area (Å²) in [4.78, 5) is 11.5. The summed E-state index contributed by atoms with van der Waals surface area (Å²) in [7, 11) is 2.93. The van der Waals surface area contributed by atoms with Crippen LogP contribution in [0, 0.1) is 5.41 Å². The highest BCUT2D eigenvalue weighted by Crippen LogP contribution is 2.14. The van der Waals surface area contributed by atoms with E-state index in [-0.39, 0.29) is 5.84 Å². The maximum absolute atomic E-state index is 11.5. The van der Waals surface area contributed by atoms with Gasteiger partial charge in [0.1, 0.15) is 11.6 Å². The number of carbonyl (C=O) groups is 1. The second-order valence-electron chi connectivity index (χ2n) is 4.43. The van der Waals surface area contributed by atoms with Gasteiger partial charge in [0, 0.05) is 5.56 Å². The second-order valence-corrected chi connectivity index (χ2v) is 4.43. The molecule has 0 bridgehead atoms. The molecular formula is C16H17N3O3. The Morgan fingerprint density at radius 2 is 1.73 bits per heavy atom. The van der Waals surface area contributed by atoms with E-state index in [4.69, 9.17) is 10.1 Å². The molecule has 0 saturated heterocycles. The summed E-state index contributed by atoms with van der Waals surface area (Å²) in [5.41, 5.74) is 7.45. The largest absolute Gasteiger partial charge is 0.497 e. The zero-order valence-electron chi connectivity index (χ0n) is 12.3. The van der Waals surface area contributed by atoms with Gasteiger partial charge in [-0.15, -0.1) is 0 Å². The summed E-state index contributed by atoms with van der Waals surface area (Å²) >= 11 is 0. The fourth-order valence-electron chi connectivity index (χ4n) is 1.80. The average Bonchev–Trinajstić information content (AvgIpc) is 2.59. The van der Waals surface area contributed by atoms with Crippen LogP contribution in [0.3, 0.4) is 0 Å². The van der Waals surface area contributed by atoms with Crippen molar-refractivity contribution in [3.8, 4) is 5.75 Å². The van der Waals surface area contributed by atoms with Crippen LogP contribution in [0.4, 0.5) is 5.69 Å². The van der Waals surface area contributed by atoms with Crippen LogP contribution in [0.5, 0.6) is 5.75 Å². The number of nitrogens with one attached hydrogen (secondary N) is 3. The highest BCUT2D eigenvalue weighted by atomic mass is 16.5. The maximum Gasteiger partial charge on any atom is 0.337 e. The van der Waals surface area contributed by atoms with Gasteiger partial charge in [0.2, 0.25) is 0 Å². The lowest BCUT2D eigenvalue weighted by Gasteiger charge is -2.12. The van der Waals surface area contributed by atoms with E-state index in [0.29, 0.717) is 11.1 Å². The predicted molar refractivity (Wildman–Crippen MR) is 84.4 cm³/mol. The summed E-state index contributed by atoms with van der Waals surface area (Å²) in [5, 5.41) is 8.00. The Morgan fingerprint density at radius 3 is 2.36 bits per heavy atom. The van der Waals surface area contributed by atoms with Gasteiger partial charge in [-0.1, -0.05) is 12.1 Å². The maximum atomic E-state index is 11.5. The third-order valence-electron chi connectivity index (χ3n) is 2.99. The van der Waals surface area contributed by atoms with E-state index >= 15 is 0 Å². The summed E-state index contributed by atoms with van der Waals surface area (Å²) in [6.45, 7) is 0. The number of amidine groups is 1. The van der Waals surface area contributed by atoms with Gasteiger partial charge in [-0.2, -0.15) is 0 Å². The zero-order valence-corrected chi connectivity index (χ0v) is 12.3. The summed E-state index contributed by atoms with van der Waals surface area (Å²) in [6.07, 6.45) is 0. The number of hydrazine groups is 1. The molecule has 3 N–H and O–H groups in total. The Bertz CT molecular complexity index is 669. The SMILES string of the molecule is COC(=O)c1cccc(C(=N)NNc2ccc(OC)cc2)c1. The minimum atomic E-state index is -0.433. The summed E-state index contributed by atoms with van der Waals surface area (Å²) in [5.74, 6) is 0.464. The number of rotatable bonds is 5. The molecule has 114 valence electrons. The van der Waals surface area contributed by atoms with E-state index in [2.05, 4.69) is 15.6 Å². The standard InChI is InChI=1S/C16H17N3O3/c1-21-14-8-6-13(7-9-14)18-19-15(17)11-4-3-5-12(10-11)16(20)22-2/h3-10,18H,1-2H3,(H2,17,19). The lowest BCUT2D eigenvalue weighted by molar-refractivity contribution is 0.0600. The fraction of sp³-hybridized carbons (Fsp3) is 0.125. The van der Waals surface area contributed by atoms with Crippen molar-refractivity contribution in [3.05, 3.63) is 59.7 Å². The Balaban J connectivity index is 2.01. The van der Waals surface area contributed by atoms with E-state index in [1.165, 1.54) is 7.11 Å². The smallest absolute Gasteiger partial charge is 0.337 e. The molecule has 2 aromatic carbocycles. The highest BCUT2D eigenvalue weighted by Gasteiger charge is 2.08. The molecule has 0 aliphatic heterocycles. The van der Waals surface area contributed by atoms with E-state index in [0.717, 1.165) is 11.4 Å². The predicted octanol–water partition coefficient (Wildman–Crippen LogP) is 2.42. The van der Waals surface area contributed by atoms with Crippen LogP contribution in [0.1, 0.15) is 15.9 Å². The van der Waals surface area contributed by atoms with Crippen molar-refractivity contribution >= 4 is 17.5 Å². The van der Waals surface area contributed by atoms with Crippen molar-refractivity contribution in [2.75, 3.05) is 19.6 Å². The van der Waals surface area contributed by atoms with Gasteiger partial charge < -0.3 is 9.47 Å². The van der Waals surface area contributed by atoms with Gasteiger partial charge in [-0.25, -0.2) is 4.79 Å². The molecule has 0 unspecified atom stereocenters. The van der Waals surface area contributed by atoms with E-state index < -0.39 is 5.97 Å². The van der Waals surface area contributed by atoms with Crippen LogP contribution in [-0.2, 0) is 4.74 Å². The third-order valence-corrected chi connectivity index (χ3v) is 2.99. The first kappa shape index (κ1) is 15.4. The molecule has 2 rings (SSSR count). The van der Waals surface area contributed by atoms with Gasteiger partial charge in [0.25, 0.3) is 0 Å². The van der Waals surface area contributed by atoms with Crippen LogP contribution in [-0.4, -0.2) is 26.0 Å². The number of ether oxygens (including phenoxy) is 2. The first-order chi connectivity index (χ1) is 10.6. The number of benzene rings is 2. The van der Waals surface area contributed by atoms with Crippen LogP contribution in [0.2, 0.25) is 0 Å². The number of carbonyl (C=O) groups excluding carboxylic acids is 1. The van der Waals surface area contributed by atoms with Crippen molar-refractivity contribution in [2.45, 2.75) is 0 Å². The Kier molecular flexibility index (Phi) is 4.98. The van der Waals surface area contributed by atoms with Crippen LogP contribution in [0.15, 0.2) is 48.5 Å². The van der Waals surface area contributed by atoms with Gasteiger partial charge >= 0.3 is 5.97 Å². The first-order valence-electron chi connectivity index (χ1n) is 6.57. The topological polar surface area (TPSA) is 83.4 Å². The highest BCUT2D eigenvalue weighted by molar-refractivity contribution is 5.99. The van der Waals surface area contributed by atoms with Crippen LogP contribution < -0.4 is 15.6 Å². The first-order valence-corrected chi connectivity index (χ1v) is 6.57. The van der Waals surface area contributed by atoms with Crippen molar-refractivity contribution in [1.29, 1.82) is 5.41 Å². The molecule has 0 heterocycles. The number of hydrogen-bond acceptors (Lipinski definition) is 5. The van der Waals surface area contributed by atoms with E-state index in [1.807, 2.05) is 24.3 Å². The summed E-state index contributed by atoms with van der Waals surface area (Å²) < 4.78 is 9.74. The monoisotopic (exact) mass is 299 g/mol. The summed E-state index contributed by atoms with van der Waals surface area (Å²) in [6, 6.07) is 13.9. The molecule has 0 spiro atoms. The quantitative estimate of drug-likeness (QED) is 0.342. The molecule has 2 aromatic rings. The molecule has 0 aliphatic rings. The van der Waals surface area contributed by atoms with Gasteiger partial charge in [-0.05, 0) is 36.4 Å². The minimum absolute atomic E-state index is 0.140. The third kappa shape index (κ3) is 3.76. The van der Waals surface area contributed by atoms with Gasteiger partial charge in [-0.3, -0.25) is 16.3 Å². The fourth-order valence-corrected chi connectivity index (χ4v) is 1.80. The van der Waals surface area contributed by atoms with Gasteiger partial charge in [0.15, 0.2) is 0 Å². The Labute approximate surface area is 128 Å². The van der Waals surface area contributed by atoms with E-state index in [9.17, 15) is 4.79 Å². The molecule has 0 saturated carbocycles. The molecule has 0 fully saturated rings. The zero-order chi connectivity index (χ0) is 15.9. The molecule has 6 nitrogen and oxygen atoms in total. The lowest BCUT2D eigenvalue weighted by atomic mass is 10.1. The number of hydrogen-bond donors (Lipinski definition) is 3. The Morgan fingerprint density at radius 1 is 1.05 bits per heavy atom.